The first kappa shape index (κ1) is 18.3. The van der Waals surface area contributed by atoms with E-state index in [1.807, 2.05) is 43.5 Å². The van der Waals surface area contributed by atoms with Crippen LogP contribution in [-0.2, 0) is 12.0 Å². The Balaban J connectivity index is 1.88. The van der Waals surface area contributed by atoms with Gasteiger partial charge in [0.1, 0.15) is 5.75 Å². The Hall–Kier alpha value is -2.69. The number of nitrogens with zero attached hydrogens (tertiary/aromatic N) is 1. The molecule has 5 rings (SSSR count). The lowest BCUT2D eigenvalue weighted by Gasteiger charge is -2.39. The second kappa shape index (κ2) is 5.68. The van der Waals surface area contributed by atoms with Gasteiger partial charge in [0, 0.05) is 27.9 Å². The Bertz CT molecular complexity index is 1150. The number of hydrogen-bond donors (Lipinski definition) is 0. The molecule has 0 bridgehead atoms. The quantitative estimate of drug-likeness (QED) is 0.410. The zero-order valence-corrected chi connectivity index (χ0v) is 16.8. The molecular weight excluding hydrogens is 375 g/mol. The van der Waals surface area contributed by atoms with Crippen LogP contribution in [0.2, 0.25) is 0 Å². The zero-order chi connectivity index (χ0) is 20.7. The van der Waals surface area contributed by atoms with Gasteiger partial charge in [-0.3, -0.25) is 0 Å². The highest BCUT2D eigenvalue weighted by Crippen LogP contribution is 2.53. The standard InChI is InChI=1S/C24H22F3NO/c1-13-9-15-12-23(3,4)28-19(17(15)10-14(13)2)11-18-16-7-5-6-8-20(16)29-22(21(18)28)24(25,26)27/h5-11,22H,12H2,1-4H3. The van der Waals surface area contributed by atoms with Crippen molar-refractivity contribution in [2.45, 2.75) is 51.9 Å². The van der Waals surface area contributed by atoms with Crippen LogP contribution in [0.15, 0.2) is 42.5 Å². The van der Waals surface area contributed by atoms with E-state index in [0.29, 0.717) is 17.5 Å². The maximum absolute atomic E-state index is 14.1. The van der Waals surface area contributed by atoms with Crippen LogP contribution in [0.4, 0.5) is 13.2 Å². The summed E-state index contributed by atoms with van der Waals surface area (Å²) in [6.45, 7) is 8.12. The number of aromatic nitrogens is 1. The van der Waals surface area contributed by atoms with Crippen molar-refractivity contribution in [3.05, 3.63) is 64.8 Å². The topological polar surface area (TPSA) is 14.2 Å². The lowest BCUT2D eigenvalue weighted by Crippen LogP contribution is -2.39. The van der Waals surface area contributed by atoms with Gasteiger partial charge in [0.15, 0.2) is 0 Å². The molecule has 2 aliphatic rings. The molecule has 1 atom stereocenters. The number of alkyl halides is 3. The fraction of sp³-hybridized carbons (Fsp3) is 0.333. The van der Waals surface area contributed by atoms with Gasteiger partial charge in [-0.1, -0.05) is 24.3 Å². The third-order valence-corrected chi connectivity index (χ3v) is 6.23. The number of rotatable bonds is 0. The summed E-state index contributed by atoms with van der Waals surface area (Å²) < 4.78 is 49.7. The first-order chi connectivity index (χ1) is 13.6. The SMILES string of the molecule is Cc1cc2c(cc1C)-c1cc3c(n1C(C)(C)C2)C(C(F)(F)F)Oc1ccccc1-3. The van der Waals surface area contributed by atoms with Crippen molar-refractivity contribution in [3.63, 3.8) is 0 Å². The summed E-state index contributed by atoms with van der Waals surface area (Å²) >= 11 is 0. The molecule has 2 aliphatic heterocycles. The van der Waals surface area contributed by atoms with Gasteiger partial charge in [-0.15, -0.1) is 0 Å². The molecule has 3 heterocycles. The molecule has 2 nitrogen and oxygen atoms in total. The van der Waals surface area contributed by atoms with Crippen LogP contribution in [0, 0.1) is 13.8 Å². The molecule has 150 valence electrons. The Kier molecular flexibility index (Phi) is 3.59. The van der Waals surface area contributed by atoms with Crippen LogP contribution in [0.25, 0.3) is 22.4 Å². The van der Waals surface area contributed by atoms with Crippen LogP contribution in [0.5, 0.6) is 5.75 Å². The summed E-state index contributed by atoms with van der Waals surface area (Å²) in [4.78, 5) is 0. The monoisotopic (exact) mass is 397 g/mol. The van der Waals surface area contributed by atoms with Crippen LogP contribution < -0.4 is 4.74 Å². The summed E-state index contributed by atoms with van der Waals surface area (Å²) in [6.07, 6.45) is -5.81. The Labute approximate surface area is 167 Å². The lowest BCUT2D eigenvalue weighted by atomic mass is 9.84. The van der Waals surface area contributed by atoms with E-state index in [1.54, 1.807) is 12.1 Å². The Morgan fingerprint density at radius 1 is 0.966 bits per heavy atom. The summed E-state index contributed by atoms with van der Waals surface area (Å²) in [5, 5.41) is 0. The summed E-state index contributed by atoms with van der Waals surface area (Å²) in [5.41, 5.74) is 6.40. The van der Waals surface area contributed by atoms with Gasteiger partial charge < -0.3 is 9.30 Å². The van der Waals surface area contributed by atoms with Gasteiger partial charge >= 0.3 is 6.18 Å². The molecule has 1 unspecified atom stereocenters. The van der Waals surface area contributed by atoms with Crippen LogP contribution in [0.1, 0.15) is 42.3 Å². The number of hydrogen-bond acceptors (Lipinski definition) is 1. The molecule has 0 spiro atoms. The normalized spacial score (nSPS) is 18.9. The minimum Gasteiger partial charge on any atom is -0.474 e. The third kappa shape index (κ3) is 2.56. The highest BCUT2D eigenvalue weighted by atomic mass is 19.4. The molecule has 0 fully saturated rings. The minimum absolute atomic E-state index is 0.208. The molecule has 0 N–H and O–H groups in total. The summed E-state index contributed by atoms with van der Waals surface area (Å²) in [5.74, 6) is 0.281. The molecule has 1 aromatic heterocycles. The van der Waals surface area contributed by atoms with E-state index in [-0.39, 0.29) is 11.4 Å². The molecule has 2 aromatic carbocycles. The van der Waals surface area contributed by atoms with Crippen molar-refractivity contribution in [2.75, 3.05) is 0 Å². The maximum Gasteiger partial charge on any atom is 0.431 e. The molecule has 0 radical (unpaired) electrons. The van der Waals surface area contributed by atoms with Gasteiger partial charge in [-0.2, -0.15) is 13.2 Å². The second-order valence-corrected chi connectivity index (χ2v) is 8.78. The van der Waals surface area contributed by atoms with E-state index in [4.69, 9.17) is 4.74 Å². The van der Waals surface area contributed by atoms with Gasteiger partial charge in [-0.25, -0.2) is 0 Å². The van der Waals surface area contributed by atoms with Gasteiger partial charge in [0.25, 0.3) is 0 Å². The van der Waals surface area contributed by atoms with Crippen molar-refractivity contribution in [3.8, 4) is 28.1 Å². The highest BCUT2D eigenvalue weighted by Gasteiger charge is 2.51. The smallest absolute Gasteiger partial charge is 0.431 e. The Morgan fingerprint density at radius 3 is 2.38 bits per heavy atom. The lowest BCUT2D eigenvalue weighted by molar-refractivity contribution is -0.200. The number of ether oxygens (including phenoxy) is 1. The number of fused-ring (bicyclic) bond motifs is 7. The Morgan fingerprint density at radius 2 is 1.66 bits per heavy atom. The molecular formula is C24H22F3NO. The fourth-order valence-electron chi connectivity index (χ4n) is 4.85. The van der Waals surface area contributed by atoms with E-state index >= 15 is 0 Å². The largest absolute Gasteiger partial charge is 0.474 e. The number of para-hydroxylation sites is 1. The molecule has 3 aromatic rings. The summed E-state index contributed by atoms with van der Waals surface area (Å²) in [7, 11) is 0. The number of aryl methyl sites for hydroxylation is 2. The minimum atomic E-state index is -4.50. The van der Waals surface area contributed by atoms with Crippen molar-refractivity contribution < 1.29 is 17.9 Å². The highest BCUT2D eigenvalue weighted by molar-refractivity contribution is 5.82. The van der Waals surface area contributed by atoms with Crippen molar-refractivity contribution >= 4 is 0 Å². The van der Waals surface area contributed by atoms with Gasteiger partial charge in [0.05, 0.1) is 5.69 Å². The molecule has 0 saturated heterocycles. The van der Waals surface area contributed by atoms with E-state index in [2.05, 4.69) is 19.1 Å². The first-order valence-corrected chi connectivity index (χ1v) is 9.77. The number of benzene rings is 2. The second-order valence-electron chi connectivity index (χ2n) is 8.78. The van der Waals surface area contributed by atoms with E-state index in [0.717, 1.165) is 16.8 Å². The number of halogens is 3. The molecule has 0 amide bonds. The molecule has 0 saturated carbocycles. The third-order valence-electron chi connectivity index (χ3n) is 6.23. The zero-order valence-electron chi connectivity index (χ0n) is 16.8. The van der Waals surface area contributed by atoms with Crippen molar-refractivity contribution in [2.24, 2.45) is 0 Å². The van der Waals surface area contributed by atoms with Crippen LogP contribution >= 0.6 is 0 Å². The predicted molar refractivity (Wildman–Crippen MR) is 107 cm³/mol. The van der Waals surface area contributed by atoms with E-state index in [1.165, 1.54) is 11.1 Å². The average Bonchev–Trinajstić information content (AvgIpc) is 3.04. The fourth-order valence-corrected chi connectivity index (χ4v) is 4.85. The molecule has 29 heavy (non-hydrogen) atoms. The maximum atomic E-state index is 14.1. The summed E-state index contributed by atoms with van der Waals surface area (Å²) in [6, 6.07) is 13.2. The molecule has 5 heteroatoms. The predicted octanol–water partition coefficient (Wildman–Crippen LogP) is 6.73. The van der Waals surface area contributed by atoms with Crippen LogP contribution in [-0.4, -0.2) is 10.7 Å². The average molecular weight is 397 g/mol. The van der Waals surface area contributed by atoms with Crippen molar-refractivity contribution in [1.29, 1.82) is 0 Å². The molecule has 0 aliphatic carbocycles. The van der Waals surface area contributed by atoms with Crippen LogP contribution in [0.3, 0.4) is 0 Å². The van der Waals surface area contributed by atoms with E-state index in [9.17, 15) is 13.2 Å². The van der Waals surface area contributed by atoms with Crippen molar-refractivity contribution in [1.82, 2.24) is 4.57 Å². The van der Waals surface area contributed by atoms with Gasteiger partial charge in [-0.05, 0) is 69.0 Å². The van der Waals surface area contributed by atoms with E-state index < -0.39 is 17.8 Å². The first-order valence-electron chi connectivity index (χ1n) is 9.77. The van der Waals surface area contributed by atoms with Gasteiger partial charge in [0.2, 0.25) is 6.10 Å².